The number of anilines is 1. The number of aromatic nitrogens is 1. The summed E-state index contributed by atoms with van der Waals surface area (Å²) in [5.74, 6) is 3.99. The number of carbonyl (C=O) groups is 1. The highest BCUT2D eigenvalue weighted by molar-refractivity contribution is 6.01. The molecule has 0 aliphatic heterocycles. The van der Waals surface area contributed by atoms with Gasteiger partial charge in [-0.1, -0.05) is 40.7 Å². The molecule has 1 amide bonds. The second kappa shape index (κ2) is 11.0. The van der Waals surface area contributed by atoms with Gasteiger partial charge in [0.1, 0.15) is 0 Å². The molecule has 4 saturated carbocycles. The summed E-state index contributed by atoms with van der Waals surface area (Å²) in [5, 5.41) is 26.6. The van der Waals surface area contributed by atoms with Gasteiger partial charge in [-0.3, -0.25) is 4.79 Å². The molecule has 5 nitrogen and oxygen atoms in total. The van der Waals surface area contributed by atoms with Crippen LogP contribution in [0.1, 0.15) is 98.8 Å². The third-order valence-corrected chi connectivity index (χ3v) is 13.0. The molecule has 4 fully saturated rings. The van der Waals surface area contributed by atoms with Crippen LogP contribution in [0.2, 0.25) is 0 Å². The maximum Gasteiger partial charge on any atom is 0.224 e. The van der Waals surface area contributed by atoms with Gasteiger partial charge in [-0.2, -0.15) is 0 Å². The van der Waals surface area contributed by atoms with E-state index in [-0.39, 0.29) is 28.9 Å². The van der Waals surface area contributed by atoms with Crippen molar-refractivity contribution in [3.8, 4) is 0 Å². The lowest BCUT2D eigenvalue weighted by Gasteiger charge is -2.62. The zero-order chi connectivity index (χ0) is 29.1. The molecule has 4 aliphatic carbocycles. The van der Waals surface area contributed by atoms with Crippen LogP contribution in [0.3, 0.4) is 0 Å². The number of aliphatic hydroxyl groups is 2. The Kier molecular flexibility index (Phi) is 7.85. The summed E-state index contributed by atoms with van der Waals surface area (Å²) in [6, 6.07) is 8.31. The number of nitrogens with zero attached hydrogens (tertiary/aromatic N) is 1. The summed E-state index contributed by atoms with van der Waals surface area (Å²) in [4.78, 5) is 13.2. The van der Waals surface area contributed by atoms with Crippen molar-refractivity contribution in [1.29, 1.82) is 0 Å². The molecule has 226 valence electrons. The molecule has 5 heteroatoms. The molecule has 41 heavy (non-hydrogen) atoms. The zero-order valence-electron chi connectivity index (χ0n) is 26.1. The monoisotopic (exact) mass is 562 g/mol. The smallest absolute Gasteiger partial charge is 0.224 e. The van der Waals surface area contributed by atoms with E-state index in [9.17, 15) is 15.0 Å². The topological polar surface area (TPSA) is 74.5 Å². The Balaban J connectivity index is 1.10. The highest BCUT2D eigenvalue weighted by atomic mass is 16.3. The Morgan fingerprint density at radius 2 is 1.83 bits per heavy atom. The fourth-order valence-corrected chi connectivity index (χ4v) is 10.8. The maximum absolute atomic E-state index is 13.2. The van der Waals surface area contributed by atoms with Crippen molar-refractivity contribution in [3.63, 3.8) is 0 Å². The lowest BCUT2D eigenvalue weighted by molar-refractivity contribution is -0.174. The molecule has 6 rings (SSSR count). The lowest BCUT2D eigenvalue weighted by atomic mass is 9.43. The largest absolute Gasteiger partial charge is 0.393 e. The molecule has 0 unspecified atom stereocenters. The van der Waals surface area contributed by atoms with E-state index in [1.807, 2.05) is 12.1 Å². The predicted octanol–water partition coefficient (Wildman–Crippen LogP) is 7.64. The van der Waals surface area contributed by atoms with Crippen LogP contribution in [0.4, 0.5) is 5.69 Å². The van der Waals surface area contributed by atoms with Crippen molar-refractivity contribution in [3.05, 3.63) is 30.5 Å². The maximum atomic E-state index is 13.2. The number of hydrogen-bond donors (Lipinski definition) is 3. The van der Waals surface area contributed by atoms with Gasteiger partial charge < -0.3 is 20.1 Å². The normalized spacial score (nSPS) is 39.3. The van der Waals surface area contributed by atoms with Gasteiger partial charge in [-0.05, 0) is 128 Å². The van der Waals surface area contributed by atoms with E-state index in [4.69, 9.17) is 0 Å². The fourth-order valence-electron chi connectivity index (χ4n) is 10.8. The van der Waals surface area contributed by atoms with E-state index < -0.39 is 0 Å². The SMILES string of the molecule is CC(C)Cn1ccc2c(NC(=O)CC[C@@H](C)[C@@H]3CC[C@@H]4[C@@H]5CC[C@H]6C[C@H](O)CC[C@]6(C)[C@@H]5C[C@H](O)[C@@]43C)cccc21. The summed E-state index contributed by atoms with van der Waals surface area (Å²) < 4.78 is 2.28. The number of hydrogen-bond acceptors (Lipinski definition) is 3. The molecule has 1 aromatic heterocycles. The van der Waals surface area contributed by atoms with Crippen LogP contribution < -0.4 is 5.32 Å². The van der Waals surface area contributed by atoms with E-state index in [0.717, 1.165) is 49.7 Å². The van der Waals surface area contributed by atoms with E-state index in [1.165, 1.54) is 31.2 Å². The fraction of sp³-hybridized carbons (Fsp3) is 0.750. The number of aliphatic hydroxyl groups excluding tert-OH is 2. The molecule has 0 radical (unpaired) electrons. The molecule has 2 aromatic rings. The molecule has 3 N–H and O–H groups in total. The van der Waals surface area contributed by atoms with Crippen LogP contribution >= 0.6 is 0 Å². The first kappa shape index (κ1) is 29.2. The quantitative estimate of drug-likeness (QED) is 0.325. The first-order valence-electron chi connectivity index (χ1n) is 16.8. The van der Waals surface area contributed by atoms with Gasteiger partial charge in [-0.15, -0.1) is 0 Å². The van der Waals surface area contributed by atoms with Crippen molar-refractivity contribution in [2.75, 3.05) is 5.32 Å². The van der Waals surface area contributed by atoms with Crippen LogP contribution in [0.25, 0.3) is 10.9 Å². The Bertz CT molecular complexity index is 1250. The molecule has 0 saturated heterocycles. The lowest BCUT2D eigenvalue weighted by Crippen LogP contribution is -2.58. The number of nitrogens with one attached hydrogen (secondary N) is 1. The standard InChI is InChI=1S/C36H54N2O3/c1-22(2)21-38-18-16-27-31(7-6-8-32(27)38)37-34(41)14-9-23(3)28-12-13-29-26-11-10-24-19-25(39)15-17-35(24,4)30(26)20-33(40)36(28,29)5/h6-8,16,18,22-26,28-30,33,39-40H,9-15,17,19-21H2,1-5H3,(H,37,41)/t23-,24+,25-,26+,28+,29-,30-,33+,35+,36-/m1/s1. The predicted molar refractivity (Wildman–Crippen MR) is 166 cm³/mol. The zero-order valence-corrected chi connectivity index (χ0v) is 26.1. The van der Waals surface area contributed by atoms with Crippen LogP contribution in [0.5, 0.6) is 0 Å². The molecule has 4 aliphatic rings. The molecule has 10 atom stereocenters. The molecule has 0 spiro atoms. The van der Waals surface area contributed by atoms with Crippen LogP contribution in [0, 0.1) is 52.3 Å². The Hall–Kier alpha value is -1.85. The van der Waals surface area contributed by atoms with E-state index in [2.05, 4.69) is 62.8 Å². The average molecular weight is 563 g/mol. The van der Waals surface area contributed by atoms with Gasteiger partial charge in [-0.25, -0.2) is 0 Å². The molecule has 1 aromatic carbocycles. The van der Waals surface area contributed by atoms with Crippen molar-refractivity contribution < 1.29 is 15.0 Å². The van der Waals surface area contributed by atoms with Gasteiger partial charge in [0.05, 0.1) is 23.4 Å². The molecular formula is C36H54N2O3. The molecule has 1 heterocycles. The summed E-state index contributed by atoms with van der Waals surface area (Å²) in [5.41, 5.74) is 2.29. The van der Waals surface area contributed by atoms with Gasteiger partial charge >= 0.3 is 0 Å². The third kappa shape index (κ3) is 4.97. The van der Waals surface area contributed by atoms with E-state index >= 15 is 0 Å². The molecular weight excluding hydrogens is 508 g/mol. The minimum Gasteiger partial charge on any atom is -0.393 e. The number of fused-ring (bicyclic) bond motifs is 6. The van der Waals surface area contributed by atoms with Crippen molar-refractivity contribution in [2.24, 2.45) is 52.3 Å². The van der Waals surface area contributed by atoms with Gasteiger partial charge in [0.2, 0.25) is 5.91 Å². The number of carbonyl (C=O) groups excluding carboxylic acids is 1. The van der Waals surface area contributed by atoms with Crippen molar-refractivity contribution >= 4 is 22.5 Å². The second-order valence-electron chi connectivity index (χ2n) is 15.6. The van der Waals surface area contributed by atoms with E-state index in [0.29, 0.717) is 47.8 Å². The Labute approximate surface area is 247 Å². The first-order valence-corrected chi connectivity index (χ1v) is 16.8. The summed E-state index contributed by atoms with van der Waals surface area (Å²) in [6.07, 6.45) is 11.9. The first-order chi connectivity index (χ1) is 19.5. The minimum atomic E-state index is -0.271. The number of benzene rings is 1. The van der Waals surface area contributed by atoms with E-state index in [1.54, 1.807) is 0 Å². The van der Waals surface area contributed by atoms with Gasteiger partial charge in [0.25, 0.3) is 0 Å². The highest BCUT2D eigenvalue weighted by Crippen LogP contribution is 2.68. The number of rotatable bonds is 7. The second-order valence-corrected chi connectivity index (χ2v) is 15.6. The van der Waals surface area contributed by atoms with Crippen molar-refractivity contribution in [2.45, 2.75) is 118 Å². The van der Waals surface area contributed by atoms with Crippen LogP contribution in [-0.4, -0.2) is 32.9 Å². The minimum absolute atomic E-state index is 0.0562. The highest BCUT2D eigenvalue weighted by Gasteiger charge is 2.63. The Morgan fingerprint density at radius 1 is 1.02 bits per heavy atom. The summed E-state index contributed by atoms with van der Waals surface area (Å²) in [7, 11) is 0. The average Bonchev–Trinajstić information content (AvgIpc) is 3.50. The number of amides is 1. The van der Waals surface area contributed by atoms with Crippen molar-refractivity contribution in [1.82, 2.24) is 4.57 Å². The van der Waals surface area contributed by atoms with Gasteiger partial charge in [0, 0.05) is 24.5 Å². The van der Waals surface area contributed by atoms with Crippen LogP contribution in [0.15, 0.2) is 30.5 Å². The summed E-state index contributed by atoms with van der Waals surface area (Å²) in [6.45, 7) is 12.6. The van der Waals surface area contributed by atoms with Crippen LogP contribution in [-0.2, 0) is 11.3 Å². The molecule has 0 bridgehead atoms. The Morgan fingerprint density at radius 3 is 2.61 bits per heavy atom. The van der Waals surface area contributed by atoms with Gasteiger partial charge in [0.15, 0.2) is 0 Å². The summed E-state index contributed by atoms with van der Waals surface area (Å²) >= 11 is 0. The third-order valence-electron chi connectivity index (χ3n) is 13.0.